The number of hydrogen-bond donors (Lipinski definition) is 1. The Morgan fingerprint density at radius 3 is 2.27 bits per heavy atom. The van der Waals surface area contributed by atoms with Crippen molar-refractivity contribution in [3.05, 3.63) is 72.3 Å². The zero-order chi connectivity index (χ0) is 18.7. The quantitative estimate of drug-likeness (QED) is 0.672. The Hall–Kier alpha value is -2.81. The van der Waals surface area contributed by atoms with Gasteiger partial charge in [-0.15, -0.1) is 0 Å². The van der Waals surface area contributed by atoms with Crippen molar-refractivity contribution >= 4 is 22.4 Å². The Morgan fingerprint density at radius 2 is 1.58 bits per heavy atom. The van der Waals surface area contributed by atoms with Crippen molar-refractivity contribution in [2.24, 2.45) is 0 Å². The van der Waals surface area contributed by atoms with Crippen LogP contribution in [0, 0.1) is 0 Å². The molecule has 3 aromatic rings. The second kappa shape index (κ2) is 7.20. The topological polar surface area (TPSA) is 38.3 Å². The lowest BCUT2D eigenvalue weighted by atomic mass is 9.87. The highest BCUT2D eigenvalue weighted by molar-refractivity contribution is 6.03. The molecule has 0 heterocycles. The maximum Gasteiger partial charge on any atom is 0.265 e. The molecule has 0 bridgehead atoms. The van der Waals surface area contributed by atoms with Crippen LogP contribution in [0.15, 0.2) is 66.7 Å². The number of hydrogen-bond acceptors (Lipinski definition) is 2. The molecule has 134 valence electrons. The lowest BCUT2D eigenvalue weighted by molar-refractivity contribution is -0.122. The predicted octanol–water partition coefficient (Wildman–Crippen LogP) is 5.54. The third-order valence-electron chi connectivity index (χ3n) is 4.45. The van der Waals surface area contributed by atoms with Gasteiger partial charge < -0.3 is 10.1 Å². The van der Waals surface area contributed by atoms with E-state index in [0.29, 0.717) is 5.75 Å². The molecule has 3 heteroatoms. The van der Waals surface area contributed by atoms with Gasteiger partial charge in [0, 0.05) is 11.1 Å². The summed E-state index contributed by atoms with van der Waals surface area (Å²) in [5.41, 5.74) is 2.12. The summed E-state index contributed by atoms with van der Waals surface area (Å²) in [7, 11) is 0. The van der Waals surface area contributed by atoms with Crippen LogP contribution in [0.25, 0.3) is 10.8 Å². The fourth-order valence-corrected chi connectivity index (χ4v) is 2.86. The first kappa shape index (κ1) is 18.0. The largest absolute Gasteiger partial charge is 0.481 e. The van der Waals surface area contributed by atoms with E-state index in [0.717, 1.165) is 16.5 Å². The standard InChI is InChI=1S/C23H25NO2/c1-16(26-19-14-12-18(13-15-19)23(2,3)4)22(25)24-21-11-7-9-17-8-5-6-10-20(17)21/h5-16H,1-4H3,(H,24,25)/t16-/m1/s1. The van der Waals surface area contributed by atoms with E-state index >= 15 is 0 Å². The van der Waals surface area contributed by atoms with E-state index in [-0.39, 0.29) is 11.3 Å². The summed E-state index contributed by atoms with van der Waals surface area (Å²) in [4.78, 5) is 12.6. The van der Waals surface area contributed by atoms with E-state index in [1.165, 1.54) is 5.56 Å². The van der Waals surface area contributed by atoms with Crippen LogP contribution in [0.1, 0.15) is 33.3 Å². The SMILES string of the molecule is C[C@@H](Oc1ccc(C(C)(C)C)cc1)C(=O)Nc1cccc2ccccc12. The summed E-state index contributed by atoms with van der Waals surface area (Å²) in [5.74, 6) is 0.528. The van der Waals surface area contributed by atoms with Crippen molar-refractivity contribution in [3.63, 3.8) is 0 Å². The number of carbonyl (C=O) groups excluding carboxylic acids is 1. The van der Waals surface area contributed by atoms with Gasteiger partial charge in [-0.3, -0.25) is 4.79 Å². The number of nitrogens with one attached hydrogen (secondary N) is 1. The van der Waals surface area contributed by atoms with Crippen LogP contribution in [-0.4, -0.2) is 12.0 Å². The van der Waals surface area contributed by atoms with Gasteiger partial charge in [0.15, 0.2) is 6.10 Å². The Morgan fingerprint density at radius 1 is 0.923 bits per heavy atom. The molecule has 3 rings (SSSR count). The number of rotatable bonds is 4. The van der Waals surface area contributed by atoms with E-state index in [9.17, 15) is 4.79 Å². The molecule has 3 nitrogen and oxygen atoms in total. The molecule has 0 aliphatic rings. The van der Waals surface area contributed by atoms with Gasteiger partial charge in [0.2, 0.25) is 0 Å². The fourth-order valence-electron chi connectivity index (χ4n) is 2.86. The van der Waals surface area contributed by atoms with Gasteiger partial charge in [-0.2, -0.15) is 0 Å². The van der Waals surface area contributed by atoms with E-state index in [4.69, 9.17) is 4.74 Å². The van der Waals surface area contributed by atoms with Gasteiger partial charge in [0.25, 0.3) is 5.91 Å². The van der Waals surface area contributed by atoms with Crippen LogP contribution >= 0.6 is 0 Å². The van der Waals surface area contributed by atoms with Crippen LogP contribution in [0.4, 0.5) is 5.69 Å². The second-order valence-corrected chi connectivity index (χ2v) is 7.55. The Balaban J connectivity index is 1.70. The molecule has 0 fully saturated rings. The maximum atomic E-state index is 12.6. The van der Waals surface area contributed by atoms with E-state index in [1.807, 2.05) is 66.7 Å². The molecule has 1 amide bonds. The van der Waals surface area contributed by atoms with Crippen molar-refractivity contribution < 1.29 is 9.53 Å². The second-order valence-electron chi connectivity index (χ2n) is 7.55. The molecule has 0 aromatic heterocycles. The minimum absolute atomic E-state index is 0.0931. The number of fused-ring (bicyclic) bond motifs is 1. The molecule has 26 heavy (non-hydrogen) atoms. The number of benzene rings is 3. The molecule has 0 aliphatic heterocycles. The third kappa shape index (κ3) is 4.05. The van der Waals surface area contributed by atoms with Crippen LogP contribution in [-0.2, 0) is 10.2 Å². The van der Waals surface area contributed by atoms with Crippen LogP contribution < -0.4 is 10.1 Å². The smallest absolute Gasteiger partial charge is 0.265 e. The number of carbonyl (C=O) groups is 1. The average Bonchev–Trinajstić information content (AvgIpc) is 2.61. The molecule has 0 unspecified atom stereocenters. The van der Waals surface area contributed by atoms with E-state index < -0.39 is 6.10 Å². The van der Waals surface area contributed by atoms with Crippen molar-refractivity contribution in [2.75, 3.05) is 5.32 Å². The Bertz CT molecular complexity index is 902. The van der Waals surface area contributed by atoms with Crippen LogP contribution in [0.5, 0.6) is 5.75 Å². The van der Waals surface area contributed by atoms with Gasteiger partial charge >= 0.3 is 0 Å². The normalized spacial score (nSPS) is 12.6. The van der Waals surface area contributed by atoms with Crippen molar-refractivity contribution in [1.29, 1.82) is 0 Å². The van der Waals surface area contributed by atoms with E-state index in [1.54, 1.807) is 6.92 Å². The maximum absolute atomic E-state index is 12.6. The van der Waals surface area contributed by atoms with Gasteiger partial charge in [0.05, 0.1) is 0 Å². The molecular formula is C23H25NO2. The summed E-state index contributed by atoms with van der Waals surface area (Å²) in [5, 5.41) is 5.09. The third-order valence-corrected chi connectivity index (χ3v) is 4.45. The highest BCUT2D eigenvalue weighted by Crippen LogP contribution is 2.25. The van der Waals surface area contributed by atoms with Crippen LogP contribution in [0.3, 0.4) is 0 Å². The number of anilines is 1. The molecule has 3 aromatic carbocycles. The number of ether oxygens (including phenoxy) is 1. The lowest BCUT2D eigenvalue weighted by Crippen LogP contribution is -2.30. The summed E-state index contributed by atoms with van der Waals surface area (Å²) >= 11 is 0. The zero-order valence-corrected chi connectivity index (χ0v) is 15.7. The lowest BCUT2D eigenvalue weighted by Gasteiger charge is -2.20. The van der Waals surface area contributed by atoms with Crippen molar-refractivity contribution in [2.45, 2.75) is 39.2 Å². The molecule has 0 saturated heterocycles. The van der Waals surface area contributed by atoms with Crippen molar-refractivity contribution in [1.82, 2.24) is 0 Å². The minimum Gasteiger partial charge on any atom is -0.481 e. The highest BCUT2D eigenvalue weighted by atomic mass is 16.5. The summed E-state index contributed by atoms with van der Waals surface area (Å²) in [6.07, 6.45) is -0.588. The fraction of sp³-hybridized carbons (Fsp3) is 0.261. The minimum atomic E-state index is -0.588. The number of amides is 1. The van der Waals surface area contributed by atoms with Gasteiger partial charge in [-0.1, -0.05) is 69.3 Å². The Kier molecular flexibility index (Phi) is 4.99. The zero-order valence-electron chi connectivity index (χ0n) is 15.7. The monoisotopic (exact) mass is 347 g/mol. The molecule has 1 atom stereocenters. The predicted molar refractivity (Wildman–Crippen MR) is 108 cm³/mol. The molecular weight excluding hydrogens is 322 g/mol. The summed E-state index contributed by atoms with van der Waals surface area (Å²) in [6.45, 7) is 8.27. The first-order valence-electron chi connectivity index (χ1n) is 8.90. The first-order chi connectivity index (χ1) is 12.3. The van der Waals surface area contributed by atoms with Crippen LogP contribution in [0.2, 0.25) is 0 Å². The summed E-state index contributed by atoms with van der Waals surface area (Å²) in [6, 6.07) is 21.8. The molecule has 1 N–H and O–H groups in total. The highest BCUT2D eigenvalue weighted by Gasteiger charge is 2.17. The molecule has 0 aliphatic carbocycles. The van der Waals surface area contributed by atoms with Crippen molar-refractivity contribution in [3.8, 4) is 5.75 Å². The van der Waals surface area contributed by atoms with Gasteiger partial charge in [0.1, 0.15) is 5.75 Å². The average molecular weight is 347 g/mol. The Labute approximate surface area is 155 Å². The molecule has 0 spiro atoms. The van der Waals surface area contributed by atoms with E-state index in [2.05, 4.69) is 26.1 Å². The molecule has 0 radical (unpaired) electrons. The summed E-state index contributed by atoms with van der Waals surface area (Å²) < 4.78 is 5.82. The van der Waals surface area contributed by atoms with Gasteiger partial charge in [-0.05, 0) is 41.5 Å². The molecule has 0 saturated carbocycles. The first-order valence-corrected chi connectivity index (χ1v) is 8.90. The van der Waals surface area contributed by atoms with Gasteiger partial charge in [-0.25, -0.2) is 0 Å².